The fourth-order valence-electron chi connectivity index (χ4n) is 1.56. The molecule has 0 amide bonds. The summed E-state index contributed by atoms with van der Waals surface area (Å²) in [5.41, 5.74) is 7.02. The molecule has 0 aliphatic heterocycles. The van der Waals surface area contributed by atoms with E-state index >= 15 is 0 Å². The number of nitrogens with zero attached hydrogens (tertiary/aromatic N) is 1. The van der Waals surface area contributed by atoms with Crippen LogP contribution in [0.3, 0.4) is 0 Å². The van der Waals surface area contributed by atoms with Crippen molar-refractivity contribution in [2.24, 2.45) is 10.9 Å². The van der Waals surface area contributed by atoms with Crippen molar-refractivity contribution in [2.75, 3.05) is 20.8 Å². The third kappa shape index (κ3) is 3.92. The molecule has 0 fully saturated rings. The van der Waals surface area contributed by atoms with Gasteiger partial charge in [-0.3, -0.25) is 0 Å². The second-order valence-corrected chi connectivity index (χ2v) is 3.66. The minimum absolute atomic E-state index is 0.144. The molecular weight excluding hydrogens is 232 g/mol. The minimum Gasteiger partial charge on any atom is -0.493 e. The molecule has 2 N–H and O–H groups in total. The van der Waals surface area contributed by atoms with Crippen molar-refractivity contribution in [1.29, 1.82) is 0 Å². The summed E-state index contributed by atoms with van der Waals surface area (Å²) in [4.78, 5) is 4.60. The van der Waals surface area contributed by atoms with Crippen molar-refractivity contribution in [3.8, 4) is 11.5 Å². The molecule has 5 nitrogen and oxygen atoms in total. The number of ether oxygens (including phenoxy) is 2. The van der Waals surface area contributed by atoms with Crippen molar-refractivity contribution in [2.45, 2.75) is 19.4 Å². The highest BCUT2D eigenvalue weighted by atomic mass is 16.6. The normalized spacial score (nSPS) is 12.4. The number of hydrogen-bond donors (Lipinski definition) is 1. The van der Waals surface area contributed by atoms with Crippen LogP contribution < -0.4 is 15.2 Å². The van der Waals surface area contributed by atoms with Gasteiger partial charge >= 0.3 is 0 Å². The van der Waals surface area contributed by atoms with Crippen molar-refractivity contribution in [1.82, 2.24) is 0 Å². The highest BCUT2D eigenvalue weighted by Gasteiger charge is 2.10. The van der Waals surface area contributed by atoms with Crippen LogP contribution in [0.2, 0.25) is 0 Å². The van der Waals surface area contributed by atoms with Crippen molar-refractivity contribution < 1.29 is 14.3 Å². The van der Waals surface area contributed by atoms with Gasteiger partial charge in [-0.1, -0.05) is 11.2 Å². The van der Waals surface area contributed by atoms with E-state index in [-0.39, 0.29) is 6.04 Å². The molecule has 0 heterocycles. The maximum absolute atomic E-state index is 6.05. The summed E-state index contributed by atoms with van der Waals surface area (Å²) >= 11 is 0. The van der Waals surface area contributed by atoms with Crippen LogP contribution >= 0.6 is 0 Å². The van der Waals surface area contributed by atoms with Crippen molar-refractivity contribution in [3.63, 3.8) is 0 Å². The van der Waals surface area contributed by atoms with Gasteiger partial charge in [-0.15, -0.1) is 0 Å². The summed E-state index contributed by atoms with van der Waals surface area (Å²) in [5.74, 6) is 1.41. The lowest BCUT2D eigenvalue weighted by molar-refractivity contribution is 0.214. The smallest absolute Gasteiger partial charge is 0.161 e. The summed E-state index contributed by atoms with van der Waals surface area (Å²) in [6.07, 6.45) is 2.25. The first-order valence-electron chi connectivity index (χ1n) is 5.84. The van der Waals surface area contributed by atoms with Crippen LogP contribution in [0.1, 0.15) is 24.9 Å². The maximum atomic E-state index is 6.05. The fourth-order valence-corrected chi connectivity index (χ4v) is 1.56. The zero-order chi connectivity index (χ0) is 13.4. The first-order valence-corrected chi connectivity index (χ1v) is 5.84. The van der Waals surface area contributed by atoms with Crippen LogP contribution in [0.4, 0.5) is 0 Å². The first-order chi connectivity index (χ1) is 8.72. The second kappa shape index (κ2) is 7.55. The van der Waals surface area contributed by atoms with E-state index in [1.807, 2.05) is 25.1 Å². The first kappa shape index (κ1) is 14.3. The lowest BCUT2D eigenvalue weighted by atomic mass is 10.0. The maximum Gasteiger partial charge on any atom is 0.161 e. The van der Waals surface area contributed by atoms with Crippen molar-refractivity contribution >= 4 is 6.21 Å². The average Bonchev–Trinajstić information content (AvgIpc) is 2.39. The Bertz CT molecular complexity index is 394. The molecule has 1 aromatic carbocycles. The average molecular weight is 252 g/mol. The van der Waals surface area contributed by atoms with E-state index in [9.17, 15) is 0 Å². The number of rotatable bonds is 7. The molecule has 0 aliphatic carbocycles. The molecule has 0 saturated heterocycles. The topological polar surface area (TPSA) is 66.1 Å². The highest BCUT2D eigenvalue weighted by Crippen LogP contribution is 2.30. The van der Waals surface area contributed by atoms with Crippen LogP contribution in [-0.2, 0) is 4.84 Å². The third-order valence-electron chi connectivity index (χ3n) is 2.45. The molecule has 100 valence electrons. The predicted molar refractivity (Wildman–Crippen MR) is 71.2 cm³/mol. The largest absolute Gasteiger partial charge is 0.493 e. The Balaban J connectivity index is 2.82. The number of hydrogen-bond acceptors (Lipinski definition) is 5. The van der Waals surface area contributed by atoms with Gasteiger partial charge in [0.05, 0.1) is 13.7 Å². The molecule has 1 aromatic rings. The van der Waals surface area contributed by atoms with Crippen molar-refractivity contribution in [3.05, 3.63) is 23.8 Å². The highest BCUT2D eigenvalue weighted by molar-refractivity contribution is 5.58. The minimum atomic E-state index is -0.144. The molecule has 1 rings (SSSR count). The SMILES string of the molecule is CCOc1cc(C(N)CC=NOC)ccc1OC. The number of methoxy groups -OCH3 is 1. The molecule has 0 radical (unpaired) electrons. The summed E-state index contributed by atoms with van der Waals surface area (Å²) < 4.78 is 10.7. The van der Waals surface area contributed by atoms with E-state index in [0.29, 0.717) is 24.5 Å². The summed E-state index contributed by atoms with van der Waals surface area (Å²) in [6, 6.07) is 5.53. The molecule has 0 aliphatic rings. The molecule has 0 spiro atoms. The van der Waals surface area contributed by atoms with Crippen LogP contribution in [0.5, 0.6) is 11.5 Å². The third-order valence-corrected chi connectivity index (χ3v) is 2.45. The van der Waals surface area contributed by atoms with Gasteiger partial charge in [-0.05, 0) is 24.6 Å². The molecule has 0 aromatic heterocycles. The van der Waals surface area contributed by atoms with Gasteiger partial charge in [0, 0.05) is 18.7 Å². The van der Waals surface area contributed by atoms with E-state index in [1.54, 1.807) is 13.3 Å². The molecule has 5 heteroatoms. The van der Waals surface area contributed by atoms with Gasteiger partial charge in [0.15, 0.2) is 11.5 Å². The monoisotopic (exact) mass is 252 g/mol. The molecule has 0 bridgehead atoms. The van der Waals surface area contributed by atoms with Crippen LogP contribution in [0.15, 0.2) is 23.4 Å². The zero-order valence-electron chi connectivity index (χ0n) is 11.1. The Labute approximate surface area is 108 Å². The van der Waals surface area contributed by atoms with Gasteiger partial charge < -0.3 is 20.0 Å². The lowest BCUT2D eigenvalue weighted by Gasteiger charge is -2.14. The Morgan fingerprint density at radius 2 is 2.11 bits per heavy atom. The number of nitrogens with two attached hydrogens (primary N) is 1. The van der Waals surface area contributed by atoms with Gasteiger partial charge in [-0.2, -0.15) is 0 Å². The fraction of sp³-hybridized carbons (Fsp3) is 0.462. The Hall–Kier alpha value is -1.75. The number of benzene rings is 1. The Morgan fingerprint density at radius 3 is 2.72 bits per heavy atom. The van der Waals surface area contributed by atoms with E-state index in [0.717, 1.165) is 5.56 Å². The summed E-state index contributed by atoms with van der Waals surface area (Å²) in [6.45, 7) is 2.51. The van der Waals surface area contributed by atoms with E-state index in [4.69, 9.17) is 15.2 Å². The molecule has 0 saturated carbocycles. The predicted octanol–water partition coefficient (Wildman–Crippen LogP) is 2.12. The lowest BCUT2D eigenvalue weighted by Crippen LogP contribution is -2.11. The Morgan fingerprint density at radius 1 is 1.33 bits per heavy atom. The van der Waals surface area contributed by atoms with Gasteiger partial charge in [0.1, 0.15) is 7.11 Å². The van der Waals surface area contributed by atoms with Gasteiger partial charge in [-0.25, -0.2) is 0 Å². The van der Waals surface area contributed by atoms with Gasteiger partial charge in [0.25, 0.3) is 0 Å². The van der Waals surface area contributed by atoms with Crippen LogP contribution in [0, 0.1) is 0 Å². The van der Waals surface area contributed by atoms with Crippen LogP contribution in [-0.4, -0.2) is 27.0 Å². The summed E-state index contributed by atoms with van der Waals surface area (Å²) in [7, 11) is 3.12. The Kier molecular flexibility index (Phi) is 6.00. The molecule has 1 unspecified atom stereocenters. The number of oxime groups is 1. The molecule has 1 atom stereocenters. The van der Waals surface area contributed by atoms with E-state index in [1.165, 1.54) is 7.11 Å². The standard InChI is InChI=1S/C13H20N2O3/c1-4-18-13-9-10(5-6-12(13)16-2)11(14)7-8-15-17-3/h5-6,8-9,11H,4,7,14H2,1-3H3. The molecule has 18 heavy (non-hydrogen) atoms. The second-order valence-electron chi connectivity index (χ2n) is 3.66. The van der Waals surface area contributed by atoms with Crippen LogP contribution in [0.25, 0.3) is 0 Å². The van der Waals surface area contributed by atoms with E-state index < -0.39 is 0 Å². The zero-order valence-corrected chi connectivity index (χ0v) is 11.1. The quantitative estimate of drug-likeness (QED) is 0.596. The summed E-state index contributed by atoms with van der Waals surface area (Å²) in [5, 5.41) is 3.67. The van der Waals surface area contributed by atoms with E-state index in [2.05, 4.69) is 9.99 Å². The molecular formula is C13H20N2O3. The van der Waals surface area contributed by atoms with Gasteiger partial charge in [0.2, 0.25) is 0 Å².